The lowest BCUT2D eigenvalue weighted by Gasteiger charge is -2.05. The molecule has 6 nitrogen and oxygen atoms in total. The summed E-state index contributed by atoms with van der Waals surface area (Å²) in [6.45, 7) is 0.164. The molecule has 2 aromatic carbocycles. The van der Waals surface area contributed by atoms with Crippen LogP contribution in [0.2, 0.25) is 0 Å². The standard InChI is InChI=1S/C18H13IN2O4S/c19-12-2-4-13(5-3-12)23-8-17(22)21-18-20-14(9-26-18)11-1-6-15-16(7-11)25-10-24-15/h1-7,9H,8,10H2,(H,20,21,22). The summed E-state index contributed by atoms with van der Waals surface area (Å²) >= 11 is 3.57. The van der Waals surface area contributed by atoms with Gasteiger partial charge in [0.15, 0.2) is 23.2 Å². The van der Waals surface area contributed by atoms with Crippen molar-refractivity contribution in [1.29, 1.82) is 0 Å². The number of nitrogens with one attached hydrogen (secondary N) is 1. The van der Waals surface area contributed by atoms with Crippen molar-refractivity contribution in [2.45, 2.75) is 0 Å². The number of hydrogen-bond donors (Lipinski definition) is 1. The molecule has 1 aliphatic rings. The van der Waals surface area contributed by atoms with E-state index < -0.39 is 0 Å². The molecular weight excluding hydrogens is 467 g/mol. The molecule has 2 heterocycles. The van der Waals surface area contributed by atoms with Crippen LogP contribution in [-0.2, 0) is 4.79 Å². The predicted molar refractivity (Wildman–Crippen MR) is 107 cm³/mol. The monoisotopic (exact) mass is 480 g/mol. The molecular formula is C18H13IN2O4S. The van der Waals surface area contributed by atoms with Crippen molar-refractivity contribution in [3.05, 3.63) is 51.4 Å². The molecule has 132 valence electrons. The number of ether oxygens (including phenoxy) is 3. The van der Waals surface area contributed by atoms with Gasteiger partial charge in [-0.2, -0.15) is 0 Å². The number of amides is 1. The Morgan fingerprint density at radius 3 is 2.85 bits per heavy atom. The number of aromatic nitrogens is 1. The van der Waals surface area contributed by atoms with Gasteiger partial charge in [0.25, 0.3) is 5.91 Å². The quantitative estimate of drug-likeness (QED) is 0.556. The number of fused-ring (bicyclic) bond motifs is 1. The van der Waals surface area contributed by atoms with Gasteiger partial charge < -0.3 is 14.2 Å². The van der Waals surface area contributed by atoms with Crippen molar-refractivity contribution in [1.82, 2.24) is 4.98 Å². The molecule has 0 spiro atoms. The van der Waals surface area contributed by atoms with E-state index in [9.17, 15) is 4.79 Å². The van der Waals surface area contributed by atoms with E-state index in [1.165, 1.54) is 11.3 Å². The molecule has 0 bridgehead atoms. The van der Waals surface area contributed by atoms with E-state index in [0.717, 1.165) is 20.6 Å². The Hall–Kier alpha value is -2.33. The minimum absolute atomic E-state index is 0.0699. The molecule has 0 radical (unpaired) electrons. The molecule has 0 atom stereocenters. The Morgan fingerprint density at radius 1 is 1.19 bits per heavy atom. The van der Waals surface area contributed by atoms with Crippen LogP contribution in [0.4, 0.5) is 5.13 Å². The van der Waals surface area contributed by atoms with Crippen LogP contribution in [0.1, 0.15) is 0 Å². The minimum Gasteiger partial charge on any atom is -0.484 e. The Balaban J connectivity index is 1.37. The highest BCUT2D eigenvalue weighted by molar-refractivity contribution is 14.1. The van der Waals surface area contributed by atoms with Crippen LogP contribution < -0.4 is 19.5 Å². The second kappa shape index (κ2) is 7.50. The van der Waals surface area contributed by atoms with Crippen molar-refractivity contribution < 1.29 is 19.0 Å². The van der Waals surface area contributed by atoms with Crippen LogP contribution in [0, 0.1) is 3.57 Å². The molecule has 26 heavy (non-hydrogen) atoms. The second-order valence-corrected chi connectivity index (χ2v) is 7.50. The summed E-state index contributed by atoms with van der Waals surface area (Å²) in [5.41, 5.74) is 1.67. The van der Waals surface area contributed by atoms with E-state index in [4.69, 9.17) is 14.2 Å². The van der Waals surface area contributed by atoms with Gasteiger partial charge in [0, 0.05) is 14.5 Å². The maximum atomic E-state index is 12.0. The van der Waals surface area contributed by atoms with Gasteiger partial charge in [0.2, 0.25) is 6.79 Å². The van der Waals surface area contributed by atoms with Crippen molar-refractivity contribution in [2.75, 3.05) is 18.7 Å². The number of anilines is 1. The van der Waals surface area contributed by atoms with E-state index in [0.29, 0.717) is 16.6 Å². The van der Waals surface area contributed by atoms with Crippen LogP contribution in [0.15, 0.2) is 47.8 Å². The molecule has 0 fully saturated rings. The first-order valence-corrected chi connectivity index (χ1v) is 9.67. The number of nitrogens with zero attached hydrogens (tertiary/aromatic N) is 1. The molecule has 1 N–H and O–H groups in total. The summed E-state index contributed by atoms with van der Waals surface area (Å²) in [5, 5.41) is 5.16. The number of benzene rings is 2. The predicted octanol–water partition coefficient (Wildman–Crippen LogP) is 4.16. The summed E-state index contributed by atoms with van der Waals surface area (Å²) in [5.74, 6) is 1.83. The molecule has 0 aliphatic carbocycles. The van der Waals surface area contributed by atoms with Crippen molar-refractivity contribution in [3.63, 3.8) is 0 Å². The highest BCUT2D eigenvalue weighted by atomic mass is 127. The third kappa shape index (κ3) is 3.91. The van der Waals surface area contributed by atoms with Gasteiger partial charge in [-0.05, 0) is 65.1 Å². The SMILES string of the molecule is O=C(COc1ccc(I)cc1)Nc1nc(-c2ccc3c(c2)OCO3)cs1. The van der Waals surface area contributed by atoms with E-state index in [-0.39, 0.29) is 19.3 Å². The van der Waals surface area contributed by atoms with Crippen LogP contribution in [0.3, 0.4) is 0 Å². The maximum absolute atomic E-state index is 12.0. The summed E-state index contributed by atoms with van der Waals surface area (Å²) in [6.07, 6.45) is 0. The van der Waals surface area contributed by atoms with Gasteiger partial charge >= 0.3 is 0 Å². The lowest BCUT2D eigenvalue weighted by molar-refractivity contribution is -0.118. The van der Waals surface area contributed by atoms with E-state index in [2.05, 4.69) is 32.9 Å². The Kier molecular flexibility index (Phi) is 4.93. The van der Waals surface area contributed by atoms with Gasteiger partial charge in [-0.15, -0.1) is 11.3 Å². The van der Waals surface area contributed by atoms with Crippen molar-refractivity contribution >= 4 is 45.0 Å². The molecule has 4 rings (SSSR count). The number of carbonyl (C=O) groups excluding carboxylic acids is 1. The van der Waals surface area contributed by atoms with Gasteiger partial charge in [0.05, 0.1) is 5.69 Å². The summed E-state index contributed by atoms with van der Waals surface area (Å²) in [7, 11) is 0. The Bertz CT molecular complexity index is 943. The Labute approximate surface area is 167 Å². The van der Waals surface area contributed by atoms with Crippen LogP contribution in [0.5, 0.6) is 17.2 Å². The molecule has 3 aromatic rings. The molecule has 1 aromatic heterocycles. The molecule has 0 saturated heterocycles. The number of carbonyl (C=O) groups is 1. The van der Waals surface area contributed by atoms with Gasteiger partial charge in [0.1, 0.15) is 5.75 Å². The first-order valence-electron chi connectivity index (χ1n) is 7.71. The van der Waals surface area contributed by atoms with Crippen molar-refractivity contribution in [3.8, 4) is 28.5 Å². The zero-order valence-electron chi connectivity index (χ0n) is 13.4. The van der Waals surface area contributed by atoms with E-state index in [1.54, 1.807) is 0 Å². The summed E-state index contributed by atoms with van der Waals surface area (Å²) in [4.78, 5) is 16.5. The van der Waals surface area contributed by atoms with Gasteiger partial charge in [-0.25, -0.2) is 4.98 Å². The van der Waals surface area contributed by atoms with Gasteiger partial charge in [-0.1, -0.05) is 0 Å². The fraction of sp³-hybridized carbons (Fsp3) is 0.111. The number of rotatable bonds is 5. The largest absolute Gasteiger partial charge is 0.484 e. The zero-order valence-corrected chi connectivity index (χ0v) is 16.4. The fourth-order valence-corrected chi connectivity index (χ4v) is 3.45. The second-order valence-electron chi connectivity index (χ2n) is 5.40. The van der Waals surface area contributed by atoms with Crippen molar-refractivity contribution in [2.24, 2.45) is 0 Å². The Morgan fingerprint density at radius 2 is 2.00 bits per heavy atom. The smallest absolute Gasteiger partial charge is 0.264 e. The van der Waals surface area contributed by atoms with E-state index >= 15 is 0 Å². The normalized spacial score (nSPS) is 12.0. The first kappa shape index (κ1) is 17.1. The number of thiazole rings is 1. The minimum atomic E-state index is -0.255. The van der Waals surface area contributed by atoms with Crippen LogP contribution in [-0.4, -0.2) is 24.3 Å². The average Bonchev–Trinajstić information content (AvgIpc) is 3.29. The third-order valence-corrected chi connectivity index (χ3v) is 5.08. The maximum Gasteiger partial charge on any atom is 0.264 e. The summed E-state index contributed by atoms with van der Waals surface area (Å²) < 4.78 is 17.3. The lowest BCUT2D eigenvalue weighted by Crippen LogP contribution is -2.20. The third-order valence-electron chi connectivity index (χ3n) is 3.60. The fourth-order valence-electron chi connectivity index (χ4n) is 2.35. The first-order chi connectivity index (χ1) is 12.7. The highest BCUT2D eigenvalue weighted by Crippen LogP contribution is 2.36. The zero-order chi connectivity index (χ0) is 17.9. The topological polar surface area (TPSA) is 69.7 Å². The van der Waals surface area contributed by atoms with Crippen LogP contribution in [0.25, 0.3) is 11.3 Å². The van der Waals surface area contributed by atoms with Gasteiger partial charge in [-0.3, -0.25) is 10.1 Å². The van der Waals surface area contributed by atoms with E-state index in [1.807, 2.05) is 47.8 Å². The molecule has 1 aliphatic heterocycles. The highest BCUT2D eigenvalue weighted by Gasteiger charge is 2.15. The molecule has 8 heteroatoms. The lowest BCUT2D eigenvalue weighted by atomic mass is 10.1. The number of hydrogen-bond acceptors (Lipinski definition) is 6. The van der Waals surface area contributed by atoms with Crippen LogP contribution >= 0.6 is 33.9 Å². The number of halogens is 1. The molecule has 0 unspecified atom stereocenters. The summed E-state index contributed by atoms with van der Waals surface area (Å²) in [6, 6.07) is 13.1. The molecule has 1 amide bonds. The molecule has 0 saturated carbocycles. The average molecular weight is 480 g/mol.